The first-order valence-electron chi connectivity index (χ1n) is 3.33. The van der Waals surface area contributed by atoms with Gasteiger partial charge >= 0.3 is 17.1 Å². The van der Waals surface area contributed by atoms with Crippen molar-refractivity contribution in [2.75, 3.05) is 0 Å². The fourth-order valence-electron chi connectivity index (χ4n) is 0.642. The summed E-state index contributed by atoms with van der Waals surface area (Å²) in [6, 6.07) is 20.0. The Bertz CT molecular complexity index is 152. The molecule has 0 atom stereocenters. The average molecular weight is 313 g/mol. The van der Waals surface area contributed by atoms with Crippen molar-refractivity contribution in [2.45, 2.75) is 0 Å². The van der Waals surface area contributed by atoms with Gasteiger partial charge in [0, 0.05) is 34.1 Å². The van der Waals surface area contributed by atoms with Crippen molar-refractivity contribution in [1.29, 1.82) is 0 Å². The van der Waals surface area contributed by atoms with E-state index >= 15 is 0 Å². The van der Waals surface area contributed by atoms with Crippen LogP contribution >= 0.6 is 0 Å². The summed E-state index contributed by atoms with van der Waals surface area (Å²) in [6.45, 7) is 0. The zero-order valence-electron chi connectivity index (χ0n) is 6.73. The number of hydrogen-bond donors (Lipinski definition) is 0. The molecule has 13 heavy (non-hydrogen) atoms. The quantitative estimate of drug-likeness (QED) is 0.518. The Kier molecular flexibility index (Phi) is 21.5. The third kappa shape index (κ3) is 12.3. The van der Waals surface area contributed by atoms with Crippen molar-refractivity contribution in [3.8, 4) is 0 Å². The molecule has 2 rings (SSSR count). The first kappa shape index (κ1) is 18.9. The van der Waals surface area contributed by atoms with E-state index in [2.05, 4.69) is 0 Å². The van der Waals surface area contributed by atoms with E-state index in [1.54, 1.807) is 0 Å². The molecule has 80 valence electrons. The predicted octanol–water partition coefficient (Wildman–Crippen LogP) is 2.80. The van der Waals surface area contributed by atoms with E-state index in [1.807, 2.05) is 60.7 Å². The van der Waals surface area contributed by atoms with E-state index in [9.17, 15) is 0 Å². The third-order valence-corrected chi connectivity index (χ3v) is 1.11. The van der Waals surface area contributed by atoms with Crippen molar-refractivity contribution < 1.29 is 51.2 Å². The zero-order chi connectivity index (χ0) is 7.07. The van der Waals surface area contributed by atoms with Gasteiger partial charge in [0.15, 0.2) is 0 Å². The first-order valence-corrected chi connectivity index (χ1v) is 3.33. The van der Waals surface area contributed by atoms with Crippen LogP contribution in [0, 0.1) is 0 Å². The number of hydrogen-bond acceptors (Lipinski definition) is 0. The standard InChI is InChI=1S/2C5H5.2Cu.Fe/c2*1-2-4-5-3-1;;;/h2*1-5H;;;/q2*-1;;;+2. The van der Waals surface area contributed by atoms with Gasteiger partial charge in [-0.1, -0.05) is 0 Å². The van der Waals surface area contributed by atoms with E-state index < -0.39 is 0 Å². The van der Waals surface area contributed by atoms with E-state index in [0.29, 0.717) is 0 Å². The molecule has 0 aromatic heterocycles. The molecule has 0 aliphatic rings. The summed E-state index contributed by atoms with van der Waals surface area (Å²) >= 11 is 0. The molecule has 0 bridgehead atoms. The van der Waals surface area contributed by atoms with Crippen molar-refractivity contribution in [2.24, 2.45) is 0 Å². The van der Waals surface area contributed by atoms with Gasteiger partial charge in [-0.2, -0.15) is 36.4 Å². The Balaban J connectivity index is -0.000000125. The first-order chi connectivity index (χ1) is 5.00. The molecular weight excluding hydrogens is 303 g/mol. The van der Waals surface area contributed by atoms with Gasteiger partial charge in [0.2, 0.25) is 0 Å². The Morgan fingerprint density at radius 1 is 0.538 bits per heavy atom. The molecule has 0 aliphatic carbocycles. The summed E-state index contributed by atoms with van der Waals surface area (Å²) in [5.74, 6) is 0. The SMILES string of the molecule is [Cu].[Cu].[Fe+2].c1cc[cH-]c1.c1cc[cH-]c1. The summed E-state index contributed by atoms with van der Waals surface area (Å²) in [5, 5.41) is 0. The molecule has 0 fully saturated rings. The Morgan fingerprint density at radius 3 is 0.846 bits per heavy atom. The largest absolute Gasteiger partial charge is 2.00 e. The second kappa shape index (κ2) is 14.8. The minimum Gasteiger partial charge on any atom is -0.214 e. The molecule has 3 heteroatoms. The summed E-state index contributed by atoms with van der Waals surface area (Å²) < 4.78 is 0. The fraction of sp³-hybridized carbons (Fsp3) is 0. The zero-order valence-corrected chi connectivity index (χ0v) is 9.72. The van der Waals surface area contributed by atoms with Crippen LogP contribution in [0.15, 0.2) is 60.7 Å². The van der Waals surface area contributed by atoms with Crippen molar-refractivity contribution in [3.05, 3.63) is 60.7 Å². The molecule has 0 amide bonds. The van der Waals surface area contributed by atoms with Crippen LogP contribution in [0.5, 0.6) is 0 Å². The fourth-order valence-corrected chi connectivity index (χ4v) is 0.642. The molecule has 0 N–H and O–H groups in total. The maximum absolute atomic E-state index is 2.00. The molecule has 2 radical (unpaired) electrons. The molecule has 0 saturated heterocycles. The molecule has 0 heterocycles. The van der Waals surface area contributed by atoms with Crippen LogP contribution in [0.25, 0.3) is 0 Å². The smallest absolute Gasteiger partial charge is 0.214 e. The molecule has 2 aromatic rings. The van der Waals surface area contributed by atoms with Crippen LogP contribution in [0.3, 0.4) is 0 Å². The normalized spacial score (nSPS) is 6.15. The van der Waals surface area contributed by atoms with Gasteiger partial charge in [-0.25, -0.2) is 24.3 Å². The monoisotopic (exact) mass is 312 g/mol. The molecule has 0 nitrogen and oxygen atoms in total. The molecule has 2 aromatic carbocycles. The number of rotatable bonds is 0. The van der Waals surface area contributed by atoms with Crippen molar-refractivity contribution in [3.63, 3.8) is 0 Å². The van der Waals surface area contributed by atoms with Gasteiger partial charge in [0.1, 0.15) is 0 Å². The maximum Gasteiger partial charge on any atom is 2.00 e. The van der Waals surface area contributed by atoms with Crippen LogP contribution in [0.2, 0.25) is 0 Å². The van der Waals surface area contributed by atoms with Crippen LogP contribution < -0.4 is 0 Å². The predicted molar refractivity (Wildman–Crippen MR) is 44.1 cm³/mol. The Labute approximate surface area is 111 Å². The van der Waals surface area contributed by atoms with Gasteiger partial charge < -0.3 is 0 Å². The van der Waals surface area contributed by atoms with E-state index in [0.717, 1.165) is 0 Å². The maximum atomic E-state index is 2.00. The Morgan fingerprint density at radius 2 is 0.769 bits per heavy atom. The Hall–Kier alpha value is 0.258. The second-order valence-corrected chi connectivity index (χ2v) is 1.92. The molecule has 0 spiro atoms. The molecule has 0 unspecified atom stereocenters. The minimum atomic E-state index is 0. The average Bonchev–Trinajstić information content (AvgIpc) is 2.67. The second-order valence-electron chi connectivity index (χ2n) is 1.92. The van der Waals surface area contributed by atoms with Gasteiger partial charge in [-0.15, -0.1) is 0 Å². The van der Waals surface area contributed by atoms with E-state index in [4.69, 9.17) is 0 Å². The third-order valence-electron chi connectivity index (χ3n) is 1.11. The van der Waals surface area contributed by atoms with Crippen LogP contribution in [-0.4, -0.2) is 0 Å². The summed E-state index contributed by atoms with van der Waals surface area (Å²) in [5.41, 5.74) is 0. The molecule has 0 aliphatic heterocycles. The van der Waals surface area contributed by atoms with Crippen LogP contribution in [0.1, 0.15) is 0 Å². The van der Waals surface area contributed by atoms with Gasteiger partial charge in [-0.3, -0.25) is 0 Å². The summed E-state index contributed by atoms with van der Waals surface area (Å²) in [7, 11) is 0. The van der Waals surface area contributed by atoms with Gasteiger partial charge in [-0.05, 0) is 0 Å². The summed E-state index contributed by atoms with van der Waals surface area (Å²) in [6.07, 6.45) is 0. The topological polar surface area (TPSA) is 0 Å². The van der Waals surface area contributed by atoms with Crippen molar-refractivity contribution in [1.82, 2.24) is 0 Å². The van der Waals surface area contributed by atoms with Gasteiger partial charge in [0.25, 0.3) is 0 Å². The van der Waals surface area contributed by atoms with Crippen LogP contribution in [-0.2, 0) is 51.2 Å². The van der Waals surface area contributed by atoms with Crippen LogP contribution in [0.4, 0.5) is 0 Å². The van der Waals surface area contributed by atoms with Gasteiger partial charge in [0.05, 0.1) is 0 Å². The molecular formula is C10H10Cu2Fe. The molecule has 0 saturated carbocycles. The van der Waals surface area contributed by atoms with E-state index in [1.165, 1.54) is 0 Å². The summed E-state index contributed by atoms with van der Waals surface area (Å²) in [4.78, 5) is 0. The van der Waals surface area contributed by atoms with E-state index in [-0.39, 0.29) is 51.2 Å². The minimum absolute atomic E-state index is 0. The van der Waals surface area contributed by atoms with Crippen molar-refractivity contribution >= 4 is 0 Å².